The van der Waals surface area contributed by atoms with Gasteiger partial charge in [0, 0.05) is 6.54 Å². The van der Waals surface area contributed by atoms with Crippen LogP contribution in [0.3, 0.4) is 0 Å². The first-order chi connectivity index (χ1) is 10.4. The Morgan fingerprint density at radius 2 is 2.04 bits per heavy atom. The number of amides is 1. The van der Waals surface area contributed by atoms with Crippen molar-refractivity contribution in [3.63, 3.8) is 0 Å². The SMILES string of the molecule is CC(C)[C@H](N)C(=O)NCC(O)c1cc(Cl)c2c(c1)OCCO2.Cl. The summed E-state index contributed by atoms with van der Waals surface area (Å²) in [7, 11) is 0. The lowest BCUT2D eigenvalue weighted by Gasteiger charge is -2.22. The number of hydrogen-bond acceptors (Lipinski definition) is 5. The number of carbonyl (C=O) groups excluding carboxylic acids is 1. The number of carbonyl (C=O) groups is 1. The van der Waals surface area contributed by atoms with E-state index in [0.29, 0.717) is 35.3 Å². The molecule has 1 amide bonds. The van der Waals surface area contributed by atoms with Crippen molar-refractivity contribution in [2.45, 2.75) is 26.0 Å². The Morgan fingerprint density at radius 1 is 1.39 bits per heavy atom. The zero-order chi connectivity index (χ0) is 16.3. The summed E-state index contributed by atoms with van der Waals surface area (Å²) in [5, 5.41) is 13.2. The highest BCUT2D eigenvalue weighted by molar-refractivity contribution is 6.32. The molecule has 2 atom stereocenters. The van der Waals surface area contributed by atoms with Gasteiger partial charge in [0.25, 0.3) is 0 Å². The Labute approximate surface area is 146 Å². The van der Waals surface area contributed by atoms with Crippen LogP contribution in [0.4, 0.5) is 0 Å². The summed E-state index contributed by atoms with van der Waals surface area (Å²) >= 11 is 6.12. The number of hydrogen-bond donors (Lipinski definition) is 3. The first-order valence-corrected chi connectivity index (χ1v) is 7.58. The van der Waals surface area contributed by atoms with E-state index in [4.69, 9.17) is 26.8 Å². The fraction of sp³-hybridized carbons (Fsp3) is 0.533. The molecule has 0 fully saturated rings. The van der Waals surface area contributed by atoms with Crippen molar-refractivity contribution < 1.29 is 19.4 Å². The second kappa shape index (κ2) is 8.59. The van der Waals surface area contributed by atoms with Gasteiger partial charge in [0.05, 0.1) is 17.2 Å². The molecule has 1 aromatic carbocycles. The number of nitrogens with one attached hydrogen (secondary N) is 1. The zero-order valence-electron chi connectivity index (χ0n) is 13.0. The van der Waals surface area contributed by atoms with E-state index in [1.807, 2.05) is 13.8 Å². The van der Waals surface area contributed by atoms with Gasteiger partial charge < -0.3 is 25.6 Å². The van der Waals surface area contributed by atoms with Gasteiger partial charge in [-0.05, 0) is 23.6 Å². The van der Waals surface area contributed by atoms with E-state index in [1.54, 1.807) is 12.1 Å². The highest BCUT2D eigenvalue weighted by Gasteiger charge is 2.21. The van der Waals surface area contributed by atoms with Gasteiger partial charge >= 0.3 is 0 Å². The molecule has 2 rings (SSSR count). The number of halogens is 2. The summed E-state index contributed by atoms with van der Waals surface area (Å²) in [5.41, 5.74) is 6.30. The molecule has 1 aliphatic heterocycles. The standard InChI is InChI=1S/C15H21ClN2O4.ClH/c1-8(2)13(17)15(20)18-7-11(19)9-5-10(16)14-12(6-9)21-3-4-22-14;/h5-6,8,11,13,19H,3-4,7,17H2,1-2H3,(H,18,20);1H/t11?,13-;/m0./s1. The number of ether oxygens (including phenoxy) is 2. The molecular weight excluding hydrogens is 343 g/mol. The van der Waals surface area contributed by atoms with Crippen molar-refractivity contribution in [2.75, 3.05) is 19.8 Å². The molecule has 1 aliphatic rings. The molecule has 0 saturated heterocycles. The first kappa shape index (κ1) is 19.8. The van der Waals surface area contributed by atoms with Crippen molar-refractivity contribution in [3.05, 3.63) is 22.7 Å². The number of aliphatic hydroxyl groups is 1. The molecule has 0 radical (unpaired) electrons. The van der Waals surface area contributed by atoms with E-state index in [0.717, 1.165) is 0 Å². The highest BCUT2D eigenvalue weighted by Crippen LogP contribution is 2.39. The van der Waals surface area contributed by atoms with Gasteiger partial charge in [-0.2, -0.15) is 0 Å². The molecule has 0 saturated carbocycles. The maximum absolute atomic E-state index is 11.8. The van der Waals surface area contributed by atoms with E-state index in [9.17, 15) is 9.90 Å². The van der Waals surface area contributed by atoms with E-state index in [2.05, 4.69) is 5.32 Å². The maximum atomic E-state index is 11.8. The molecule has 0 aliphatic carbocycles. The molecule has 1 aromatic rings. The second-order valence-corrected chi connectivity index (χ2v) is 5.96. The Morgan fingerprint density at radius 3 is 2.70 bits per heavy atom. The Balaban J connectivity index is 0.00000264. The van der Waals surface area contributed by atoms with Crippen LogP contribution in [-0.2, 0) is 4.79 Å². The van der Waals surface area contributed by atoms with Crippen molar-refractivity contribution in [1.82, 2.24) is 5.32 Å². The third-order valence-electron chi connectivity index (χ3n) is 3.49. The van der Waals surface area contributed by atoms with Crippen LogP contribution < -0.4 is 20.5 Å². The van der Waals surface area contributed by atoms with E-state index >= 15 is 0 Å². The van der Waals surface area contributed by atoms with Crippen molar-refractivity contribution >= 4 is 29.9 Å². The Hall–Kier alpha value is -1.21. The van der Waals surface area contributed by atoms with Gasteiger partial charge in [-0.15, -0.1) is 12.4 Å². The topological polar surface area (TPSA) is 93.8 Å². The van der Waals surface area contributed by atoms with Gasteiger partial charge in [0.2, 0.25) is 5.91 Å². The third-order valence-corrected chi connectivity index (χ3v) is 3.78. The number of fused-ring (bicyclic) bond motifs is 1. The van der Waals surface area contributed by atoms with Crippen LogP contribution in [0.5, 0.6) is 11.5 Å². The zero-order valence-corrected chi connectivity index (χ0v) is 14.6. The summed E-state index contributed by atoms with van der Waals surface area (Å²) in [4.78, 5) is 11.8. The smallest absolute Gasteiger partial charge is 0.237 e. The van der Waals surface area contributed by atoms with Gasteiger partial charge in [0.15, 0.2) is 11.5 Å². The molecule has 0 aromatic heterocycles. The largest absolute Gasteiger partial charge is 0.486 e. The predicted molar refractivity (Wildman–Crippen MR) is 90.5 cm³/mol. The van der Waals surface area contributed by atoms with E-state index in [1.165, 1.54) is 0 Å². The molecule has 0 spiro atoms. The molecule has 8 heteroatoms. The summed E-state index contributed by atoms with van der Waals surface area (Å²) in [6, 6.07) is 2.67. The van der Waals surface area contributed by atoms with Gasteiger partial charge in [-0.25, -0.2) is 0 Å². The first-order valence-electron chi connectivity index (χ1n) is 7.20. The van der Waals surface area contributed by atoms with Crippen LogP contribution in [0.2, 0.25) is 5.02 Å². The van der Waals surface area contributed by atoms with Crippen molar-refractivity contribution in [2.24, 2.45) is 11.7 Å². The number of nitrogens with two attached hydrogens (primary N) is 1. The fourth-order valence-corrected chi connectivity index (χ4v) is 2.33. The maximum Gasteiger partial charge on any atom is 0.237 e. The van der Waals surface area contributed by atoms with Crippen LogP contribution >= 0.6 is 24.0 Å². The van der Waals surface area contributed by atoms with Crippen molar-refractivity contribution in [1.29, 1.82) is 0 Å². The minimum absolute atomic E-state index is 0. The lowest BCUT2D eigenvalue weighted by atomic mass is 10.0. The van der Waals surface area contributed by atoms with Gasteiger partial charge in [0.1, 0.15) is 13.2 Å². The lowest BCUT2D eigenvalue weighted by molar-refractivity contribution is -0.123. The molecule has 0 bridgehead atoms. The average molecular weight is 365 g/mol. The molecule has 1 unspecified atom stereocenters. The monoisotopic (exact) mass is 364 g/mol. The normalized spacial score (nSPS) is 15.6. The van der Waals surface area contributed by atoms with Crippen LogP contribution in [0.25, 0.3) is 0 Å². The van der Waals surface area contributed by atoms with Crippen LogP contribution in [0, 0.1) is 5.92 Å². The lowest BCUT2D eigenvalue weighted by Crippen LogP contribution is -2.45. The number of rotatable bonds is 5. The Bertz CT molecular complexity index is 555. The summed E-state index contributed by atoms with van der Waals surface area (Å²) < 4.78 is 10.9. The molecular formula is C15H22Cl2N2O4. The predicted octanol–water partition coefficient (Wildman–Crippen LogP) is 1.67. The summed E-state index contributed by atoms with van der Waals surface area (Å²) in [6.45, 7) is 4.65. The van der Waals surface area contributed by atoms with Crippen molar-refractivity contribution in [3.8, 4) is 11.5 Å². The second-order valence-electron chi connectivity index (χ2n) is 5.56. The third kappa shape index (κ3) is 4.88. The minimum atomic E-state index is -0.906. The summed E-state index contributed by atoms with van der Waals surface area (Å²) in [5.74, 6) is 0.714. The van der Waals surface area contributed by atoms with Crippen LogP contribution in [0.15, 0.2) is 12.1 Å². The highest BCUT2D eigenvalue weighted by atomic mass is 35.5. The molecule has 1 heterocycles. The molecule has 4 N–H and O–H groups in total. The minimum Gasteiger partial charge on any atom is -0.486 e. The molecule has 130 valence electrons. The summed E-state index contributed by atoms with van der Waals surface area (Å²) in [6.07, 6.45) is -0.906. The number of benzene rings is 1. The number of aliphatic hydroxyl groups excluding tert-OH is 1. The molecule has 23 heavy (non-hydrogen) atoms. The van der Waals surface area contributed by atoms with Crippen LogP contribution in [0.1, 0.15) is 25.5 Å². The van der Waals surface area contributed by atoms with Gasteiger partial charge in [-0.3, -0.25) is 4.79 Å². The molecule has 6 nitrogen and oxygen atoms in total. The van der Waals surface area contributed by atoms with E-state index < -0.39 is 12.1 Å². The van der Waals surface area contributed by atoms with Gasteiger partial charge in [-0.1, -0.05) is 25.4 Å². The van der Waals surface area contributed by atoms with Crippen LogP contribution in [-0.4, -0.2) is 36.8 Å². The van der Waals surface area contributed by atoms with E-state index in [-0.39, 0.29) is 30.8 Å². The quantitative estimate of drug-likeness (QED) is 0.738. The fourth-order valence-electron chi connectivity index (χ4n) is 2.06. The Kier molecular flexibility index (Phi) is 7.41. The average Bonchev–Trinajstić information content (AvgIpc) is 2.51.